The van der Waals surface area contributed by atoms with Gasteiger partial charge in [-0.1, -0.05) is 6.07 Å². The zero-order chi connectivity index (χ0) is 11.5. The van der Waals surface area contributed by atoms with E-state index in [-0.39, 0.29) is 0 Å². The van der Waals surface area contributed by atoms with Gasteiger partial charge in [0.2, 0.25) is 0 Å². The van der Waals surface area contributed by atoms with E-state index in [2.05, 4.69) is 20.3 Å². The molecule has 0 spiro atoms. The third-order valence-electron chi connectivity index (χ3n) is 2.52. The van der Waals surface area contributed by atoms with E-state index in [0.717, 1.165) is 22.8 Å². The molecule has 0 aliphatic rings. The Labute approximate surface area is 94.8 Å². The molecule has 1 N–H and O–H groups in total. The molecule has 2 rings (SSSR count). The van der Waals surface area contributed by atoms with Crippen molar-refractivity contribution in [3.05, 3.63) is 35.7 Å². The number of nitrogens with one attached hydrogen (secondary N) is 1. The second-order valence-electron chi connectivity index (χ2n) is 3.57. The lowest BCUT2D eigenvalue weighted by molar-refractivity contribution is 1.05. The third-order valence-corrected chi connectivity index (χ3v) is 2.52. The Morgan fingerprint density at radius 3 is 2.56 bits per heavy atom. The highest BCUT2D eigenvalue weighted by Gasteiger charge is 2.08. The average molecular weight is 214 g/mol. The summed E-state index contributed by atoms with van der Waals surface area (Å²) in [6, 6.07) is 5.72. The maximum Gasteiger partial charge on any atom is 0.180 e. The molecular formula is C12H14N4. The van der Waals surface area contributed by atoms with Crippen molar-refractivity contribution < 1.29 is 0 Å². The van der Waals surface area contributed by atoms with Crippen molar-refractivity contribution >= 4 is 5.82 Å². The molecule has 0 saturated carbocycles. The van der Waals surface area contributed by atoms with E-state index in [1.165, 1.54) is 0 Å². The van der Waals surface area contributed by atoms with Crippen LogP contribution in [0.15, 0.2) is 24.4 Å². The predicted molar refractivity (Wildman–Crippen MR) is 64.3 cm³/mol. The van der Waals surface area contributed by atoms with Crippen LogP contribution in [0.4, 0.5) is 5.82 Å². The van der Waals surface area contributed by atoms with Gasteiger partial charge in [-0.05, 0) is 26.0 Å². The van der Waals surface area contributed by atoms with E-state index in [1.54, 1.807) is 6.20 Å². The number of anilines is 1. The van der Waals surface area contributed by atoms with Gasteiger partial charge in [-0.15, -0.1) is 0 Å². The molecule has 0 bridgehead atoms. The van der Waals surface area contributed by atoms with Crippen LogP contribution in [0.25, 0.3) is 11.5 Å². The van der Waals surface area contributed by atoms with Gasteiger partial charge in [0.25, 0.3) is 0 Å². The molecule has 0 fully saturated rings. The molecule has 2 aromatic rings. The van der Waals surface area contributed by atoms with Gasteiger partial charge in [0.1, 0.15) is 11.5 Å². The minimum atomic E-state index is 0.660. The van der Waals surface area contributed by atoms with Crippen LogP contribution in [-0.4, -0.2) is 22.0 Å². The second-order valence-corrected chi connectivity index (χ2v) is 3.57. The van der Waals surface area contributed by atoms with E-state index < -0.39 is 0 Å². The van der Waals surface area contributed by atoms with Crippen LogP contribution in [0.3, 0.4) is 0 Å². The highest BCUT2D eigenvalue weighted by Crippen LogP contribution is 2.19. The Morgan fingerprint density at radius 2 is 1.94 bits per heavy atom. The number of hydrogen-bond acceptors (Lipinski definition) is 4. The lowest BCUT2D eigenvalue weighted by Crippen LogP contribution is -2.03. The zero-order valence-corrected chi connectivity index (χ0v) is 9.65. The lowest BCUT2D eigenvalue weighted by atomic mass is 10.2. The number of rotatable bonds is 2. The standard InChI is InChI=1S/C12H14N4/c1-8-9(2)15-12(16-11(8)13-3)10-6-4-5-7-14-10/h4-7H,1-3H3,(H,13,15,16). The molecule has 2 aromatic heterocycles. The van der Waals surface area contributed by atoms with E-state index in [0.29, 0.717) is 5.82 Å². The Kier molecular flexibility index (Phi) is 2.81. The summed E-state index contributed by atoms with van der Waals surface area (Å²) in [6.45, 7) is 3.98. The van der Waals surface area contributed by atoms with Crippen molar-refractivity contribution in [2.75, 3.05) is 12.4 Å². The first-order chi connectivity index (χ1) is 7.72. The van der Waals surface area contributed by atoms with Gasteiger partial charge in [-0.2, -0.15) is 0 Å². The predicted octanol–water partition coefficient (Wildman–Crippen LogP) is 2.20. The van der Waals surface area contributed by atoms with Crippen LogP contribution in [-0.2, 0) is 0 Å². The van der Waals surface area contributed by atoms with Gasteiger partial charge in [0.05, 0.1) is 0 Å². The van der Waals surface area contributed by atoms with Crippen molar-refractivity contribution in [2.24, 2.45) is 0 Å². The second kappa shape index (κ2) is 4.26. The zero-order valence-electron chi connectivity index (χ0n) is 9.65. The summed E-state index contributed by atoms with van der Waals surface area (Å²) in [7, 11) is 1.86. The number of pyridine rings is 1. The number of hydrogen-bond donors (Lipinski definition) is 1. The smallest absolute Gasteiger partial charge is 0.180 e. The van der Waals surface area contributed by atoms with E-state index >= 15 is 0 Å². The van der Waals surface area contributed by atoms with Crippen LogP contribution in [0, 0.1) is 13.8 Å². The average Bonchev–Trinajstić information content (AvgIpc) is 2.33. The topological polar surface area (TPSA) is 50.7 Å². The van der Waals surface area contributed by atoms with Crippen LogP contribution < -0.4 is 5.32 Å². The maximum atomic E-state index is 4.44. The molecule has 4 heteroatoms. The molecule has 4 nitrogen and oxygen atoms in total. The largest absolute Gasteiger partial charge is 0.373 e. The molecular weight excluding hydrogens is 200 g/mol. The van der Waals surface area contributed by atoms with Crippen molar-refractivity contribution in [1.82, 2.24) is 15.0 Å². The summed E-state index contributed by atoms with van der Waals surface area (Å²) in [5.74, 6) is 1.52. The Balaban J connectivity index is 2.55. The van der Waals surface area contributed by atoms with Gasteiger partial charge < -0.3 is 5.32 Å². The molecule has 0 unspecified atom stereocenters. The van der Waals surface area contributed by atoms with Crippen molar-refractivity contribution in [2.45, 2.75) is 13.8 Å². The molecule has 0 amide bonds. The van der Waals surface area contributed by atoms with Crippen LogP contribution in [0.2, 0.25) is 0 Å². The summed E-state index contributed by atoms with van der Waals surface area (Å²) in [4.78, 5) is 13.1. The van der Waals surface area contributed by atoms with Gasteiger partial charge in [0, 0.05) is 24.5 Å². The van der Waals surface area contributed by atoms with Crippen molar-refractivity contribution in [3.8, 4) is 11.5 Å². The maximum absolute atomic E-state index is 4.44. The van der Waals surface area contributed by atoms with Crippen LogP contribution in [0.1, 0.15) is 11.3 Å². The fraction of sp³-hybridized carbons (Fsp3) is 0.250. The van der Waals surface area contributed by atoms with E-state index in [9.17, 15) is 0 Å². The molecule has 82 valence electrons. The fourth-order valence-corrected chi connectivity index (χ4v) is 1.48. The monoisotopic (exact) mass is 214 g/mol. The quantitative estimate of drug-likeness (QED) is 0.832. The van der Waals surface area contributed by atoms with E-state index in [1.807, 2.05) is 39.1 Å². The van der Waals surface area contributed by atoms with E-state index in [4.69, 9.17) is 0 Å². The highest BCUT2D eigenvalue weighted by atomic mass is 15.0. The molecule has 0 aliphatic heterocycles. The molecule has 0 radical (unpaired) electrons. The molecule has 0 aliphatic carbocycles. The van der Waals surface area contributed by atoms with Gasteiger partial charge in [0.15, 0.2) is 5.82 Å². The molecule has 2 heterocycles. The first-order valence-electron chi connectivity index (χ1n) is 5.16. The Bertz CT molecular complexity index is 494. The van der Waals surface area contributed by atoms with Gasteiger partial charge in [-0.25, -0.2) is 9.97 Å². The highest BCUT2D eigenvalue weighted by molar-refractivity contribution is 5.55. The summed E-state index contributed by atoms with van der Waals surface area (Å²) < 4.78 is 0. The van der Waals surface area contributed by atoms with Gasteiger partial charge >= 0.3 is 0 Å². The fourth-order valence-electron chi connectivity index (χ4n) is 1.48. The Morgan fingerprint density at radius 1 is 1.12 bits per heavy atom. The normalized spacial score (nSPS) is 10.2. The first-order valence-corrected chi connectivity index (χ1v) is 5.16. The van der Waals surface area contributed by atoms with Crippen LogP contribution in [0.5, 0.6) is 0 Å². The summed E-state index contributed by atoms with van der Waals surface area (Å²) in [5.41, 5.74) is 2.84. The van der Waals surface area contributed by atoms with Crippen molar-refractivity contribution in [1.29, 1.82) is 0 Å². The molecule has 0 aromatic carbocycles. The van der Waals surface area contributed by atoms with Gasteiger partial charge in [-0.3, -0.25) is 4.98 Å². The van der Waals surface area contributed by atoms with Crippen LogP contribution >= 0.6 is 0 Å². The first kappa shape index (κ1) is 10.5. The summed E-state index contributed by atoms with van der Waals surface area (Å²) in [6.07, 6.45) is 1.74. The third kappa shape index (κ3) is 1.86. The SMILES string of the molecule is CNc1nc(-c2ccccn2)nc(C)c1C. The molecule has 0 atom stereocenters. The summed E-state index contributed by atoms with van der Waals surface area (Å²) in [5, 5.41) is 3.07. The molecule has 0 saturated heterocycles. The van der Waals surface area contributed by atoms with Crippen molar-refractivity contribution in [3.63, 3.8) is 0 Å². The number of nitrogens with zero attached hydrogens (tertiary/aromatic N) is 3. The summed E-state index contributed by atoms with van der Waals surface area (Å²) >= 11 is 0. The minimum absolute atomic E-state index is 0.660. The lowest BCUT2D eigenvalue weighted by Gasteiger charge is -2.08. The Hall–Kier alpha value is -1.97. The molecule has 16 heavy (non-hydrogen) atoms. The number of aryl methyl sites for hydroxylation is 1. The minimum Gasteiger partial charge on any atom is -0.373 e. The number of aromatic nitrogens is 3.